The summed E-state index contributed by atoms with van der Waals surface area (Å²) in [6, 6.07) is 18.8. The molecule has 6 heteroatoms. The summed E-state index contributed by atoms with van der Waals surface area (Å²) < 4.78 is 10.4. The summed E-state index contributed by atoms with van der Waals surface area (Å²) in [4.78, 5) is 27.4. The van der Waals surface area contributed by atoms with Gasteiger partial charge in [-0.25, -0.2) is 4.79 Å². The predicted octanol–water partition coefficient (Wildman–Crippen LogP) is 4.43. The van der Waals surface area contributed by atoms with Crippen LogP contribution in [-0.4, -0.2) is 30.6 Å². The van der Waals surface area contributed by atoms with Crippen molar-refractivity contribution in [3.8, 4) is 5.75 Å². The molecule has 0 bridgehead atoms. The highest BCUT2D eigenvalue weighted by atomic mass is 16.5. The van der Waals surface area contributed by atoms with Crippen LogP contribution >= 0.6 is 0 Å². The Morgan fingerprint density at radius 2 is 1.76 bits per heavy atom. The summed E-state index contributed by atoms with van der Waals surface area (Å²) in [5.74, 6) is -0.172. The zero-order valence-corrected chi connectivity index (χ0v) is 16.1. The van der Waals surface area contributed by atoms with Crippen LogP contribution in [0.5, 0.6) is 5.75 Å². The average molecular weight is 388 g/mol. The molecule has 4 rings (SSSR count). The number of methoxy groups -OCH3 is 1. The third kappa shape index (κ3) is 3.78. The molecule has 0 fully saturated rings. The molecule has 3 aromatic carbocycles. The molecule has 1 heterocycles. The third-order valence-corrected chi connectivity index (χ3v) is 4.78. The van der Waals surface area contributed by atoms with E-state index >= 15 is 0 Å². The molecule has 1 aromatic heterocycles. The molecule has 146 valence electrons. The minimum Gasteiger partial charge on any atom is -0.484 e. The van der Waals surface area contributed by atoms with Crippen molar-refractivity contribution in [1.82, 2.24) is 4.98 Å². The molecule has 0 saturated carbocycles. The Hall–Kier alpha value is -3.80. The number of carbonyl (C=O) groups is 2. The molecule has 0 spiro atoms. The number of ether oxygens (including phenoxy) is 2. The number of para-hydroxylation sites is 1. The first kappa shape index (κ1) is 18.6. The van der Waals surface area contributed by atoms with Crippen molar-refractivity contribution in [3.63, 3.8) is 0 Å². The molecule has 0 atom stereocenters. The summed E-state index contributed by atoms with van der Waals surface area (Å²) in [7, 11) is 1.32. The summed E-state index contributed by atoms with van der Waals surface area (Å²) in [6.45, 7) is 1.70. The van der Waals surface area contributed by atoms with Gasteiger partial charge in [0.1, 0.15) is 5.75 Å². The summed E-state index contributed by atoms with van der Waals surface area (Å²) in [6.07, 6.45) is 0. The van der Waals surface area contributed by atoms with Gasteiger partial charge >= 0.3 is 5.97 Å². The van der Waals surface area contributed by atoms with E-state index in [0.29, 0.717) is 17.0 Å². The number of hydrogen-bond donors (Lipinski definition) is 2. The number of fused-ring (bicyclic) bond motifs is 3. The zero-order valence-electron chi connectivity index (χ0n) is 16.1. The van der Waals surface area contributed by atoms with Gasteiger partial charge in [-0.3, -0.25) is 4.79 Å². The van der Waals surface area contributed by atoms with Crippen molar-refractivity contribution in [2.24, 2.45) is 0 Å². The van der Waals surface area contributed by atoms with E-state index in [-0.39, 0.29) is 12.5 Å². The Kier molecular flexibility index (Phi) is 4.91. The third-order valence-electron chi connectivity index (χ3n) is 4.78. The van der Waals surface area contributed by atoms with E-state index < -0.39 is 5.97 Å². The van der Waals surface area contributed by atoms with Gasteiger partial charge in [-0.15, -0.1) is 0 Å². The van der Waals surface area contributed by atoms with Gasteiger partial charge in [-0.2, -0.15) is 0 Å². The topological polar surface area (TPSA) is 80.4 Å². The molecule has 2 N–H and O–H groups in total. The highest BCUT2D eigenvalue weighted by molar-refractivity contribution is 6.07. The number of aromatic amines is 1. The molecule has 0 aliphatic rings. The molecule has 0 unspecified atom stereocenters. The Balaban J connectivity index is 1.46. The van der Waals surface area contributed by atoms with Gasteiger partial charge in [0.15, 0.2) is 6.61 Å². The number of esters is 1. The van der Waals surface area contributed by atoms with E-state index in [1.807, 2.05) is 43.3 Å². The fraction of sp³-hybridized carbons (Fsp3) is 0.130. The highest BCUT2D eigenvalue weighted by Crippen LogP contribution is 2.28. The fourth-order valence-corrected chi connectivity index (χ4v) is 3.26. The standard InChI is InChI=1S/C23H20N2O4/c1-14-7-8-15(23(27)28-2)11-20(14)25-22(26)13-29-16-9-10-18-17-5-3-4-6-19(17)24-21(18)12-16/h3-12,24H,13H2,1-2H3,(H,25,26). The van der Waals surface area contributed by atoms with Crippen molar-refractivity contribution in [3.05, 3.63) is 71.8 Å². The second-order valence-corrected chi connectivity index (χ2v) is 6.74. The Morgan fingerprint density at radius 3 is 2.59 bits per heavy atom. The molecule has 6 nitrogen and oxygen atoms in total. The number of H-pyrrole nitrogens is 1. The van der Waals surface area contributed by atoms with Crippen LogP contribution in [-0.2, 0) is 9.53 Å². The van der Waals surface area contributed by atoms with Crippen LogP contribution in [0.1, 0.15) is 15.9 Å². The predicted molar refractivity (Wildman–Crippen MR) is 112 cm³/mol. The second kappa shape index (κ2) is 7.67. The smallest absolute Gasteiger partial charge is 0.337 e. The van der Waals surface area contributed by atoms with Gasteiger partial charge in [0, 0.05) is 28.0 Å². The van der Waals surface area contributed by atoms with Crippen molar-refractivity contribution >= 4 is 39.4 Å². The zero-order chi connectivity index (χ0) is 20.4. The maximum atomic E-state index is 12.3. The number of carbonyl (C=O) groups excluding carboxylic acids is 2. The van der Waals surface area contributed by atoms with Crippen molar-refractivity contribution in [2.45, 2.75) is 6.92 Å². The Labute approximate surface area is 167 Å². The molecule has 1 amide bonds. The first-order chi connectivity index (χ1) is 14.0. The number of nitrogens with one attached hydrogen (secondary N) is 2. The lowest BCUT2D eigenvalue weighted by Crippen LogP contribution is -2.21. The van der Waals surface area contributed by atoms with Crippen LogP contribution in [0, 0.1) is 6.92 Å². The quantitative estimate of drug-likeness (QED) is 0.496. The maximum Gasteiger partial charge on any atom is 0.337 e. The molecule has 0 aliphatic heterocycles. The van der Waals surface area contributed by atoms with Crippen molar-refractivity contribution in [2.75, 3.05) is 19.0 Å². The van der Waals surface area contributed by atoms with Crippen LogP contribution in [0.15, 0.2) is 60.7 Å². The molecule has 0 saturated heterocycles. The van der Waals surface area contributed by atoms with E-state index in [4.69, 9.17) is 9.47 Å². The SMILES string of the molecule is COC(=O)c1ccc(C)c(NC(=O)COc2ccc3c(c2)[nH]c2ccccc23)c1. The van der Waals surface area contributed by atoms with Crippen LogP contribution in [0.4, 0.5) is 5.69 Å². The summed E-state index contributed by atoms with van der Waals surface area (Å²) in [5, 5.41) is 5.03. The number of aromatic nitrogens is 1. The first-order valence-corrected chi connectivity index (χ1v) is 9.17. The largest absolute Gasteiger partial charge is 0.484 e. The average Bonchev–Trinajstić information content (AvgIpc) is 3.11. The van der Waals surface area contributed by atoms with E-state index in [0.717, 1.165) is 27.4 Å². The van der Waals surface area contributed by atoms with Crippen molar-refractivity contribution < 1.29 is 19.1 Å². The van der Waals surface area contributed by atoms with Gasteiger partial charge in [0.05, 0.1) is 18.2 Å². The van der Waals surface area contributed by atoms with Crippen LogP contribution in [0.25, 0.3) is 21.8 Å². The second-order valence-electron chi connectivity index (χ2n) is 6.74. The lowest BCUT2D eigenvalue weighted by Gasteiger charge is -2.11. The number of benzene rings is 3. The molecule has 0 radical (unpaired) electrons. The number of rotatable bonds is 5. The van der Waals surface area contributed by atoms with E-state index in [1.165, 1.54) is 7.11 Å². The summed E-state index contributed by atoms with van der Waals surface area (Å²) >= 11 is 0. The van der Waals surface area contributed by atoms with Gasteiger partial charge in [-0.1, -0.05) is 24.3 Å². The number of anilines is 1. The van der Waals surface area contributed by atoms with E-state index in [1.54, 1.807) is 18.2 Å². The fourth-order valence-electron chi connectivity index (χ4n) is 3.26. The monoisotopic (exact) mass is 388 g/mol. The first-order valence-electron chi connectivity index (χ1n) is 9.17. The van der Waals surface area contributed by atoms with Gasteiger partial charge in [0.25, 0.3) is 5.91 Å². The molecule has 4 aromatic rings. The number of hydrogen-bond acceptors (Lipinski definition) is 4. The molecular weight excluding hydrogens is 368 g/mol. The lowest BCUT2D eigenvalue weighted by molar-refractivity contribution is -0.118. The lowest BCUT2D eigenvalue weighted by atomic mass is 10.1. The van der Waals surface area contributed by atoms with Gasteiger partial charge in [0.2, 0.25) is 0 Å². The van der Waals surface area contributed by atoms with Crippen LogP contribution in [0.2, 0.25) is 0 Å². The van der Waals surface area contributed by atoms with Gasteiger partial charge < -0.3 is 19.8 Å². The Bertz CT molecular complexity index is 1230. The normalized spacial score (nSPS) is 10.8. The molecule has 0 aliphatic carbocycles. The van der Waals surface area contributed by atoms with E-state index in [2.05, 4.69) is 16.4 Å². The minimum absolute atomic E-state index is 0.145. The van der Waals surface area contributed by atoms with Crippen molar-refractivity contribution in [1.29, 1.82) is 0 Å². The molecule has 29 heavy (non-hydrogen) atoms. The molecular formula is C23H20N2O4. The number of amides is 1. The number of aryl methyl sites for hydroxylation is 1. The Morgan fingerprint density at radius 1 is 0.966 bits per heavy atom. The van der Waals surface area contributed by atoms with Crippen LogP contribution in [0.3, 0.4) is 0 Å². The minimum atomic E-state index is -0.455. The maximum absolute atomic E-state index is 12.3. The van der Waals surface area contributed by atoms with Crippen LogP contribution < -0.4 is 10.1 Å². The van der Waals surface area contributed by atoms with Gasteiger partial charge in [-0.05, 0) is 42.8 Å². The van der Waals surface area contributed by atoms with E-state index in [9.17, 15) is 9.59 Å². The highest BCUT2D eigenvalue weighted by Gasteiger charge is 2.11. The summed E-state index contributed by atoms with van der Waals surface area (Å²) in [5.41, 5.74) is 3.76.